The van der Waals surface area contributed by atoms with E-state index in [1.807, 2.05) is 43.3 Å². The van der Waals surface area contributed by atoms with Crippen molar-refractivity contribution in [1.82, 2.24) is 20.1 Å². The van der Waals surface area contributed by atoms with Gasteiger partial charge in [0.1, 0.15) is 11.7 Å². The van der Waals surface area contributed by atoms with Gasteiger partial charge in [-0.1, -0.05) is 18.7 Å². The molecule has 1 unspecified atom stereocenters. The molecule has 1 aliphatic carbocycles. The Kier molecular flexibility index (Phi) is 9.27. The van der Waals surface area contributed by atoms with Crippen molar-refractivity contribution in [3.05, 3.63) is 65.9 Å². The first-order chi connectivity index (χ1) is 14.4. The minimum absolute atomic E-state index is 0.263. The maximum Gasteiger partial charge on any atom is 0.107 e. The number of allylic oxidation sites excluding steroid dienone is 2. The van der Waals surface area contributed by atoms with Crippen molar-refractivity contribution < 1.29 is 5.11 Å². The van der Waals surface area contributed by atoms with Crippen LogP contribution in [0, 0.1) is 0 Å². The van der Waals surface area contributed by atoms with E-state index >= 15 is 0 Å². The lowest BCUT2D eigenvalue weighted by atomic mass is 9.91. The molecule has 30 heavy (non-hydrogen) atoms. The summed E-state index contributed by atoms with van der Waals surface area (Å²) in [5.41, 5.74) is 3.35. The number of amidine groups is 1. The van der Waals surface area contributed by atoms with Gasteiger partial charge < -0.3 is 15.3 Å². The van der Waals surface area contributed by atoms with Gasteiger partial charge in [0.05, 0.1) is 23.5 Å². The van der Waals surface area contributed by atoms with Crippen molar-refractivity contribution in [2.45, 2.75) is 52.2 Å². The average molecular weight is 412 g/mol. The van der Waals surface area contributed by atoms with E-state index in [0.29, 0.717) is 6.54 Å². The lowest BCUT2D eigenvalue weighted by molar-refractivity contribution is 0.225. The number of aryl methyl sites for hydroxylation is 1. The largest absolute Gasteiger partial charge is 0.389 e. The third kappa shape index (κ3) is 6.54. The van der Waals surface area contributed by atoms with Crippen LogP contribution in [0.3, 0.4) is 0 Å². The van der Waals surface area contributed by atoms with E-state index in [-0.39, 0.29) is 6.04 Å². The predicted molar refractivity (Wildman–Crippen MR) is 125 cm³/mol. The first-order valence-corrected chi connectivity index (χ1v) is 10.8. The van der Waals surface area contributed by atoms with E-state index in [1.54, 1.807) is 13.0 Å². The lowest BCUT2D eigenvalue weighted by Gasteiger charge is -2.32. The fourth-order valence-electron chi connectivity index (χ4n) is 3.82. The Bertz CT molecular complexity index is 797. The van der Waals surface area contributed by atoms with Crippen LogP contribution < -0.4 is 5.32 Å². The van der Waals surface area contributed by atoms with Crippen LogP contribution in [0.5, 0.6) is 0 Å². The topological polar surface area (TPSA) is 64.0 Å². The van der Waals surface area contributed by atoms with Crippen LogP contribution in [-0.2, 0) is 6.42 Å². The van der Waals surface area contributed by atoms with Crippen molar-refractivity contribution in [1.29, 1.82) is 0 Å². The van der Waals surface area contributed by atoms with Gasteiger partial charge in [0.25, 0.3) is 0 Å². The zero-order chi connectivity index (χ0) is 22.1. The molecule has 0 radical (unpaired) electrons. The van der Waals surface area contributed by atoms with Crippen molar-refractivity contribution in [3.8, 4) is 0 Å². The number of hydrogen-bond donors (Lipinski definition) is 2. The molecule has 0 saturated heterocycles. The summed E-state index contributed by atoms with van der Waals surface area (Å²) >= 11 is 0. The zero-order valence-electron chi connectivity index (χ0n) is 19.1. The van der Waals surface area contributed by atoms with Gasteiger partial charge in [0.2, 0.25) is 0 Å². The Morgan fingerprint density at radius 2 is 2.23 bits per heavy atom. The number of pyridine rings is 1. The standard InChI is InChI=1S/C24H37N5O/c1-7-11-23(25-8-2)29(6)19(4)27-21(16-18(3)30)17-28(5)22-14-9-12-20-13-10-15-26-24(20)22/h7,10-11,13,15-16,18,22,25,30H,1,8-9,12,14,17H2,2-6H3/b21-16+,23-11-,27-19?/t18?,22-/m0/s1. The number of aliphatic hydroxyl groups is 1. The smallest absolute Gasteiger partial charge is 0.107 e. The molecule has 0 saturated carbocycles. The Labute approximate surface area is 181 Å². The van der Waals surface area contributed by atoms with Crippen LogP contribution in [0.25, 0.3) is 0 Å². The fourth-order valence-corrected chi connectivity index (χ4v) is 3.82. The molecule has 0 spiro atoms. The summed E-state index contributed by atoms with van der Waals surface area (Å²) in [5, 5.41) is 13.3. The van der Waals surface area contributed by atoms with E-state index < -0.39 is 6.10 Å². The molecule has 164 valence electrons. The van der Waals surface area contributed by atoms with Crippen molar-refractivity contribution >= 4 is 5.84 Å². The molecule has 1 heterocycles. The maximum atomic E-state index is 10.0. The quantitative estimate of drug-likeness (QED) is 0.369. The number of aliphatic hydroxyl groups excluding tert-OH is 1. The van der Waals surface area contributed by atoms with Gasteiger partial charge in [0.15, 0.2) is 0 Å². The molecule has 2 N–H and O–H groups in total. The molecule has 1 aromatic rings. The second-order valence-electron chi connectivity index (χ2n) is 7.81. The van der Waals surface area contributed by atoms with E-state index in [4.69, 9.17) is 4.99 Å². The Morgan fingerprint density at radius 3 is 2.90 bits per heavy atom. The number of likely N-dealkylation sites (N-methyl/N-ethyl adjacent to an activating group) is 1. The number of hydrogen-bond acceptors (Lipinski definition) is 5. The van der Waals surface area contributed by atoms with Crippen molar-refractivity contribution in [2.24, 2.45) is 4.99 Å². The molecule has 6 heteroatoms. The number of rotatable bonds is 9. The first kappa shape index (κ1) is 23.8. The second kappa shape index (κ2) is 11.7. The number of nitrogens with one attached hydrogen (secondary N) is 1. The first-order valence-electron chi connectivity index (χ1n) is 10.8. The third-order valence-corrected chi connectivity index (χ3v) is 5.33. The minimum atomic E-state index is -0.566. The normalized spacial score (nSPS) is 18.8. The Morgan fingerprint density at radius 1 is 1.47 bits per heavy atom. The number of aromatic nitrogens is 1. The number of nitrogens with zero attached hydrogens (tertiary/aromatic N) is 4. The molecular weight excluding hydrogens is 374 g/mol. The molecule has 0 aliphatic heterocycles. The highest BCUT2D eigenvalue weighted by atomic mass is 16.3. The van der Waals surface area contributed by atoms with Gasteiger partial charge in [-0.15, -0.1) is 0 Å². The van der Waals surface area contributed by atoms with Crippen molar-refractivity contribution in [2.75, 3.05) is 27.2 Å². The van der Waals surface area contributed by atoms with Crippen LogP contribution in [-0.4, -0.2) is 59.0 Å². The molecule has 2 rings (SSSR count). The van der Waals surface area contributed by atoms with Gasteiger partial charge in [-0.3, -0.25) is 9.88 Å². The molecule has 1 aromatic heterocycles. The van der Waals surface area contributed by atoms with Gasteiger partial charge in [-0.2, -0.15) is 0 Å². The predicted octanol–water partition coefficient (Wildman–Crippen LogP) is 3.64. The van der Waals surface area contributed by atoms with Crippen LogP contribution in [0.2, 0.25) is 0 Å². The summed E-state index contributed by atoms with van der Waals surface area (Å²) in [6.45, 7) is 11.0. The van der Waals surface area contributed by atoms with E-state index in [0.717, 1.165) is 43.2 Å². The van der Waals surface area contributed by atoms with Crippen LogP contribution in [0.4, 0.5) is 0 Å². The number of aliphatic imine (C=N–C) groups is 1. The summed E-state index contributed by atoms with van der Waals surface area (Å²) in [4.78, 5) is 13.8. The van der Waals surface area contributed by atoms with Crippen LogP contribution in [0.15, 0.2) is 59.6 Å². The van der Waals surface area contributed by atoms with Gasteiger partial charge in [-0.05, 0) is 70.9 Å². The summed E-state index contributed by atoms with van der Waals surface area (Å²) < 4.78 is 0. The zero-order valence-corrected chi connectivity index (χ0v) is 19.1. The van der Waals surface area contributed by atoms with E-state index in [1.165, 1.54) is 11.3 Å². The number of fused-ring (bicyclic) bond motifs is 1. The summed E-state index contributed by atoms with van der Waals surface area (Å²) in [7, 11) is 4.09. The summed E-state index contributed by atoms with van der Waals surface area (Å²) in [5.74, 6) is 1.77. The van der Waals surface area contributed by atoms with Gasteiger partial charge >= 0.3 is 0 Å². The van der Waals surface area contributed by atoms with Crippen LogP contribution in [0.1, 0.15) is 50.9 Å². The monoisotopic (exact) mass is 411 g/mol. The second-order valence-corrected chi connectivity index (χ2v) is 7.81. The average Bonchev–Trinajstić information content (AvgIpc) is 2.72. The lowest BCUT2D eigenvalue weighted by Crippen LogP contribution is -2.33. The van der Waals surface area contributed by atoms with Crippen molar-refractivity contribution in [3.63, 3.8) is 0 Å². The molecule has 1 aliphatic rings. The Hall–Kier alpha value is -2.44. The maximum absolute atomic E-state index is 10.0. The highest BCUT2D eigenvalue weighted by molar-refractivity contribution is 5.82. The molecule has 0 amide bonds. The van der Waals surface area contributed by atoms with E-state index in [9.17, 15) is 5.11 Å². The third-order valence-electron chi connectivity index (χ3n) is 5.33. The summed E-state index contributed by atoms with van der Waals surface area (Å²) in [6, 6.07) is 4.46. The highest BCUT2D eigenvalue weighted by Crippen LogP contribution is 2.32. The summed E-state index contributed by atoms with van der Waals surface area (Å²) in [6.07, 6.45) is 10.2. The SMILES string of the molecule is C=C/C=C(/NCC)N(C)C(C)=N/C(=C/C(C)O)CN(C)[C@H]1CCCc2cccnc21. The molecule has 0 bridgehead atoms. The highest BCUT2D eigenvalue weighted by Gasteiger charge is 2.25. The molecular formula is C24H37N5O. The van der Waals surface area contributed by atoms with Gasteiger partial charge in [-0.25, -0.2) is 4.99 Å². The molecule has 0 fully saturated rings. The minimum Gasteiger partial charge on any atom is -0.389 e. The van der Waals surface area contributed by atoms with Crippen LogP contribution >= 0.6 is 0 Å². The fraction of sp³-hybridized carbons (Fsp3) is 0.500. The van der Waals surface area contributed by atoms with Gasteiger partial charge in [0, 0.05) is 26.3 Å². The molecule has 0 aromatic carbocycles. The Balaban J connectivity index is 2.23. The molecule has 2 atom stereocenters. The molecule has 6 nitrogen and oxygen atoms in total. The van der Waals surface area contributed by atoms with E-state index in [2.05, 4.69) is 41.8 Å².